The summed E-state index contributed by atoms with van der Waals surface area (Å²) in [5.41, 5.74) is 0.265. The Morgan fingerprint density at radius 1 is 0.696 bits per heavy atom. The van der Waals surface area contributed by atoms with Crippen molar-refractivity contribution in [2.24, 2.45) is 0 Å². The smallest absolute Gasteiger partial charge is 0.545 e. The molecule has 0 N–H and O–H groups in total. The van der Waals surface area contributed by atoms with E-state index in [1.807, 2.05) is 72.8 Å². The van der Waals surface area contributed by atoms with Crippen LogP contribution in [0.25, 0.3) is 0 Å². The molecule has 0 spiro atoms. The van der Waals surface area contributed by atoms with Gasteiger partial charge in [-0.1, -0.05) is 84.9 Å². The van der Waals surface area contributed by atoms with Gasteiger partial charge in [-0.3, -0.25) is 0 Å². The number of hydrogen-bond acceptors (Lipinski definition) is 2. The van der Waals surface area contributed by atoms with Crippen LogP contribution < -0.4 is 39.9 Å². The fourth-order valence-electron chi connectivity index (χ4n) is 2.42. The normalized spacial score (nSPS) is 10.1. The zero-order valence-electron chi connectivity index (χ0n) is 12.8. The van der Waals surface area contributed by atoms with E-state index in [1.165, 1.54) is 0 Å². The van der Waals surface area contributed by atoms with E-state index < -0.39 is 13.9 Å². The average Bonchev–Trinajstić information content (AvgIpc) is 2.57. The molecule has 0 amide bonds. The Morgan fingerprint density at radius 2 is 1.13 bits per heavy atom. The van der Waals surface area contributed by atoms with Crippen molar-refractivity contribution < 1.29 is 28.8 Å². The second-order valence-electron chi connectivity index (χ2n) is 4.81. The van der Waals surface area contributed by atoms with Crippen LogP contribution in [0.1, 0.15) is 10.4 Å². The van der Waals surface area contributed by atoms with Crippen molar-refractivity contribution in [1.82, 2.24) is 0 Å². The molecule has 0 aliphatic heterocycles. The van der Waals surface area contributed by atoms with Gasteiger partial charge in [-0.05, 0) is 23.8 Å². The van der Waals surface area contributed by atoms with Crippen LogP contribution in [0.15, 0.2) is 84.9 Å². The van der Waals surface area contributed by atoms with Gasteiger partial charge in [0.25, 0.3) is 0 Å². The Balaban J connectivity index is 0.00000192. The fraction of sp³-hybridized carbons (Fsp3) is 0. The predicted molar refractivity (Wildman–Crippen MR) is 89.5 cm³/mol. The third-order valence-electron chi connectivity index (χ3n) is 3.39. The second-order valence-corrected chi connectivity index (χ2v) is 7.00. The average molecular weight is 312 g/mol. The quantitative estimate of drug-likeness (QED) is 0.449. The minimum atomic E-state index is -1.13. The van der Waals surface area contributed by atoms with Crippen molar-refractivity contribution in [2.45, 2.75) is 0 Å². The molecule has 0 saturated heterocycles. The molecule has 0 atom stereocenters. The number of carbonyl (C=O) groups is 1. The minimum absolute atomic E-state index is 0. The van der Waals surface area contributed by atoms with Crippen LogP contribution in [0.3, 0.4) is 0 Å². The molecule has 4 heteroatoms. The molecule has 0 aliphatic rings. The van der Waals surface area contributed by atoms with Gasteiger partial charge in [0.15, 0.2) is 0 Å². The second kappa shape index (κ2) is 8.13. The molecule has 0 heterocycles. The summed E-state index contributed by atoms with van der Waals surface area (Å²) in [6.45, 7) is 0. The van der Waals surface area contributed by atoms with Crippen LogP contribution >= 0.6 is 7.92 Å². The molecule has 0 unspecified atom stereocenters. The summed E-state index contributed by atoms with van der Waals surface area (Å²) in [6.07, 6.45) is 0. The standard InChI is InChI=1S/C19H15O2P.Li/c20-19(21)17-13-7-8-14-18(17)22(15-9-3-1-4-10-15)16-11-5-2-6-12-16;/h1-14H,(H,20,21);/q;+1/p-1. The topological polar surface area (TPSA) is 40.1 Å². The van der Waals surface area contributed by atoms with Gasteiger partial charge in [0.05, 0.1) is 5.97 Å². The number of rotatable bonds is 4. The van der Waals surface area contributed by atoms with E-state index in [0.717, 1.165) is 15.9 Å². The number of aromatic carboxylic acids is 1. The Labute approximate surface area is 149 Å². The summed E-state index contributed by atoms with van der Waals surface area (Å²) < 4.78 is 0. The summed E-state index contributed by atoms with van der Waals surface area (Å²) in [5, 5.41) is 14.5. The van der Waals surface area contributed by atoms with Crippen LogP contribution in [0.2, 0.25) is 0 Å². The maximum Gasteiger partial charge on any atom is 1.00 e. The summed E-state index contributed by atoms with van der Waals surface area (Å²) in [5.74, 6) is -1.13. The summed E-state index contributed by atoms with van der Waals surface area (Å²) in [6, 6.07) is 27.2. The third-order valence-corrected chi connectivity index (χ3v) is 5.89. The number of carboxylic acids is 1. The van der Waals surface area contributed by atoms with E-state index in [2.05, 4.69) is 0 Å². The molecular weight excluding hydrogens is 298 g/mol. The van der Waals surface area contributed by atoms with E-state index in [9.17, 15) is 9.90 Å². The largest absolute Gasteiger partial charge is 1.00 e. The molecule has 2 nitrogen and oxygen atoms in total. The van der Waals surface area contributed by atoms with E-state index in [1.54, 1.807) is 12.1 Å². The van der Waals surface area contributed by atoms with Crippen molar-refractivity contribution >= 4 is 29.8 Å². The summed E-state index contributed by atoms with van der Waals surface area (Å²) in [7, 11) is -0.920. The molecule has 23 heavy (non-hydrogen) atoms. The molecule has 0 bridgehead atoms. The molecule has 3 rings (SSSR count). The number of carbonyl (C=O) groups excluding carboxylic acids is 1. The molecule has 0 aromatic heterocycles. The molecule has 0 aliphatic carbocycles. The first-order valence-electron chi connectivity index (χ1n) is 6.98. The maximum absolute atomic E-state index is 11.5. The molecule has 0 radical (unpaired) electrons. The number of benzene rings is 3. The van der Waals surface area contributed by atoms with E-state index in [-0.39, 0.29) is 24.4 Å². The summed E-state index contributed by atoms with van der Waals surface area (Å²) in [4.78, 5) is 11.5. The van der Waals surface area contributed by atoms with Crippen molar-refractivity contribution in [3.63, 3.8) is 0 Å². The van der Waals surface area contributed by atoms with Gasteiger partial charge in [-0.15, -0.1) is 0 Å². The van der Waals surface area contributed by atoms with Crippen molar-refractivity contribution in [3.05, 3.63) is 90.5 Å². The Hall–Kier alpha value is -1.84. The van der Waals surface area contributed by atoms with Crippen molar-refractivity contribution in [3.8, 4) is 0 Å². The van der Waals surface area contributed by atoms with Crippen LogP contribution in [-0.4, -0.2) is 5.97 Å². The molecule has 3 aromatic rings. The van der Waals surface area contributed by atoms with Crippen LogP contribution in [0.5, 0.6) is 0 Å². The fourth-order valence-corrected chi connectivity index (χ4v) is 4.86. The van der Waals surface area contributed by atoms with Gasteiger partial charge < -0.3 is 9.90 Å². The van der Waals surface area contributed by atoms with Gasteiger partial charge in [0, 0.05) is 5.56 Å². The first-order valence-corrected chi connectivity index (χ1v) is 8.32. The van der Waals surface area contributed by atoms with Gasteiger partial charge in [0.2, 0.25) is 0 Å². The summed E-state index contributed by atoms with van der Waals surface area (Å²) >= 11 is 0. The first kappa shape index (κ1) is 17.5. The monoisotopic (exact) mass is 312 g/mol. The molecular formula is C19H14LiO2P. The third kappa shape index (κ3) is 3.92. The van der Waals surface area contributed by atoms with Gasteiger partial charge in [0.1, 0.15) is 0 Å². The maximum atomic E-state index is 11.5. The Morgan fingerprint density at radius 3 is 1.61 bits per heavy atom. The Kier molecular flexibility index (Phi) is 6.19. The molecule has 0 fully saturated rings. The van der Waals surface area contributed by atoms with Crippen LogP contribution in [-0.2, 0) is 0 Å². The van der Waals surface area contributed by atoms with E-state index in [4.69, 9.17) is 0 Å². The van der Waals surface area contributed by atoms with Crippen molar-refractivity contribution in [2.75, 3.05) is 0 Å². The van der Waals surface area contributed by atoms with Gasteiger partial charge in [-0.2, -0.15) is 0 Å². The van der Waals surface area contributed by atoms with E-state index in [0.29, 0.717) is 0 Å². The van der Waals surface area contributed by atoms with Crippen LogP contribution in [0, 0.1) is 0 Å². The van der Waals surface area contributed by atoms with E-state index >= 15 is 0 Å². The van der Waals surface area contributed by atoms with Crippen molar-refractivity contribution in [1.29, 1.82) is 0 Å². The van der Waals surface area contributed by atoms with Gasteiger partial charge >= 0.3 is 18.9 Å². The first-order chi connectivity index (χ1) is 10.8. The Bertz CT molecular complexity index is 736. The predicted octanol–water partition coefficient (Wildman–Crippen LogP) is -1.19. The van der Waals surface area contributed by atoms with Gasteiger partial charge in [-0.25, -0.2) is 0 Å². The number of carboxylic acid groups (broad SMARTS) is 1. The minimum Gasteiger partial charge on any atom is -0.545 e. The number of hydrogen-bond donors (Lipinski definition) is 0. The SMILES string of the molecule is O=C([O-])c1ccccc1P(c1ccccc1)c1ccccc1.[Li+]. The zero-order valence-corrected chi connectivity index (χ0v) is 13.7. The van der Waals surface area contributed by atoms with Crippen LogP contribution in [0.4, 0.5) is 0 Å². The molecule has 108 valence electrons. The zero-order chi connectivity index (χ0) is 15.4. The molecule has 0 saturated carbocycles. The molecule has 3 aromatic carbocycles.